The van der Waals surface area contributed by atoms with Crippen molar-refractivity contribution in [3.05, 3.63) is 95.7 Å². The minimum atomic E-state index is -0.718. The first-order valence-electron chi connectivity index (χ1n) is 10.2. The van der Waals surface area contributed by atoms with Gasteiger partial charge in [-0.1, -0.05) is 12.6 Å². The molecule has 0 aliphatic rings. The molecule has 0 aliphatic heterocycles. The van der Waals surface area contributed by atoms with Crippen LogP contribution in [0.4, 0.5) is 4.39 Å². The van der Waals surface area contributed by atoms with E-state index >= 15 is 0 Å². The molecule has 0 saturated carbocycles. The monoisotopic (exact) mass is 476 g/mol. The second-order valence-electron chi connectivity index (χ2n) is 7.38. The second kappa shape index (κ2) is 9.29. The molecule has 4 aromatic rings. The Kier molecular flexibility index (Phi) is 6.25. The average molecular weight is 477 g/mol. The van der Waals surface area contributed by atoms with Crippen LogP contribution in [-0.4, -0.2) is 16.2 Å². The van der Waals surface area contributed by atoms with Crippen molar-refractivity contribution in [2.24, 2.45) is 12.8 Å². The van der Waals surface area contributed by atoms with Gasteiger partial charge >= 0.3 is 5.69 Å². The lowest BCUT2D eigenvalue weighted by molar-refractivity contribution is 0.287. The molecule has 2 aromatic carbocycles. The van der Waals surface area contributed by atoms with Gasteiger partial charge in [0, 0.05) is 23.3 Å². The van der Waals surface area contributed by atoms with E-state index in [1.807, 2.05) is 23.6 Å². The number of hydrogen-bond donors (Lipinski definition) is 1. The van der Waals surface area contributed by atoms with Gasteiger partial charge in [0.1, 0.15) is 12.4 Å². The number of methoxy groups -OCH3 is 1. The summed E-state index contributed by atoms with van der Waals surface area (Å²) in [5.41, 5.74) is 5.51. The highest BCUT2D eigenvalue weighted by molar-refractivity contribution is 7.09. The molecule has 9 heteroatoms. The molecule has 7 nitrogen and oxygen atoms in total. The Morgan fingerprint density at radius 2 is 2.06 bits per heavy atom. The SMILES string of the molecule is C=c1cc(OC)c(OCc2cccs2)c/c1=c1/c(=C\N)n(C)c(=O)n1-c1ccc(C#N)cc1F. The van der Waals surface area contributed by atoms with Crippen molar-refractivity contribution < 1.29 is 13.9 Å². The molecule has 0 fully saturated rings. The molecule has 0 bridgehead atoms. The summed E-state index contributed by atoms with van der Waals surface area (Å²) >= 11 is 1.56. The van der Waals surface area contributed by atoms with E-state index in [4.69, 9.17) is 20.5 Å². The molecule has 0 atom stereocenters. The quantitative estimate of drug-likeness (QED) is 0.477. The third-order valence-corrected chi connectivity index (χ3v) is 6.23. The average Bonchev–Trinajstić information content (AvgIpc) is 3.44. The zero-order chi connectivity index (χ0) is 24.4. The van der Waals surface area contributed by atoms with Gasteiger partial charge in [-0.2, -0.15) is 5.26 Å². The summed E-state index contributed by atoms with van der Waals surface area (Å²) in [7, 11) is 3.07. The summed E-state index contributed by atoms with van der Waals surface area (Å²) in [6.07, 6.45) is 1.28. The molecular formula is C25H21FN4O3S. The fraction of sp³-hybridized carbons (Fsp3) is 0.120. The third kappa shape index (κ3) is 3.95. The first-order valence-corrected chi connectivity index (χ1v) is 11.0. The molecule has 2 aromatic heterocycles. The molecule has 34 heavy (non-hydrogen) atoms. The number of thiophene rings is 1. The van der Waals surface area contributed by atoms with E-state index in [-0.39, 0.29) is 11.3 Å². The second-order valence-corrected chi connectivity index (χ2v) is 8.42. The highest BCUT2D eigenvalue weighted by Crippen LogP contribution is 2.26. The molecule has 172 valence electrons. The van der Waals surface area contributed by atoms with Crippen LogP contribution in [0, 0.1) is 27.7 Å². The first kappa shape index (κ1) is 22.9. The molecule has 2 heterocycles. The van der Waals surface area contributed by atoms with E-state index in [0.717, 1.165) is 10.9 Å². The Hall–Kier alpha value is -4.29. The Labute approximate surface area is 197 Å². The highest BCUT2D eigenvalue weighted by atomic mass is 32.1. The molecule has 0 unspecified atom stereocenters. The van der Waals surface area contributed by atoms with Gasteiger partial charge in [-0.3, -0.25) is 9.13 Å². The zero-order valence-corrected chi connectivity index (χ0v) is 19.4. The number of rotatable bonds is 5. The van der Waals surface area contributed by atoms with E-state index < -0.39 is 11.5 Å². The third-order valence-electron chi connectivity index (χ3n) is 5.38. The minimum absolute atomic E-state index is 0.0148. The Balaban J connectivity index is 2.10. The summed E-state index contributed by atoms with van der Waals surface area (Å²) in [4.78, 5) is 14.2. The van der Waals surface area contributed by atoms with E-state index in [9.17, 15) is 9.18 Å². The summed E-state index contributed by atoms with van der Waals surface area (Å²) < 4.78 is 29.0. The van der Waals surface area contributed by atoms with Gasteiger partial charge in [-0.15, -0.1) is 11.3 Å². The van der Waals surface area contributed by atoms with Crippen LogP contribution in [0.3, 0.4) is 0 Å². The molecule has 0 saturated heterocycles. The summed E-state index contributed by atoms with van der Waals surface area (Å²) in [6, 6.07) is 13.1. The Bertz CT molecular complexity index is 1680. The van der Waals surface area contributed by atoms with Gasteiger partial charge in [-0.05, 0) is 47.0 Å². The number of imidazole rings is 1. The van der Waals surface area contributed by atoms with Crippen molar-refractivity contribution in [2.45, 2.75) is 6.61 Å². The summed E-state index contributed by atoms with van der Waals surface area (Å²) in [5.74, 6) is 0.187. The number of ether oxygens (including phenoxy) is 2. The number of aromatic nitrogens is 2. The maximum atomic E-state index is 15.0. The maximum absolute atomic E-state index is 15.0. The number of nitrogens with two attached hydrogens (primary N) is 1. The van der Waals surface area contributed by atoms with Crippen LogP contribution in [0.25, 0.3) is 18.5 Å². The molecule has 0 spiro atoms. The van der Waals surface area contributed by atoms with Crippen LogP contribution < -0.4 is 31.5 Å². The fourth-order valence-corrected chi connectivity index (χ4v) is 4.31. The van der Waals surface area contributed by atoms with Gasteiger partial charge in [0.15, 0.2) is 11.5 Å². The van der Waals surface area contributed by atoms with Crippen molar-refractivity contribution in [3.8, 4) is 23.3 Å². The lowest BCUT2D eigenvalue weighted by atomic mass is 10.2. The first-order chi connectivity index (χ1) is 16.4. The van der Waals surface area contributed by atoms with Crippen molar-refractivity contribution in [1.82, 2.24) is 9.13 Å². The van der Waals surface area contributed by atoms with Crippen LogP contribution in [0.5, 0.6) is 11.5 Å². The molecule has 2 N–H and O–H groups in total. The van der Waals surface area contributed by atoms with Crippen LogP contribution in [0.1, 0.15) is 10.4 Å². The van der Waals surface area contributed by atoms with Crippen LogP contribution in [-0.2, 0) is 13.7 Å². The molecular weight excluding hydrogens is 455 g/mol. The largest absolute Gasteiger partial charge is 0.493 e. The van der Waals surface area contributed by atoms with Crippen LogP contribution in [0.2, 0.25) is 0 Å². The van der Waals surface area contributed by atoms with Crippen molar-refractivity contribution in [1.29, 1.82) is 5.26 Å². The number of hydrogen-bond acceptors (Lipinski definition) is 6. The van der Waals surface area contributed by atoms with Crippen molar-refractivity contribution in [3.63, 3.8) is 0 Å². The maximum Gasteiger partial charge on any atom is 0.333 e. The molecule has 0 amide bonds. The van der Waals surface area contributed by atoms with Gasteiger partial charge in [0.05, 0.1) is 35.1 Å². The molecule has 4 rings (SSSR count). The van der Waals surface area contributed by atoms with E-state index in [2.05, 4.69) is 6.58 Å². The number of nitrogens with zero attached hydrogens (tertiary/aromatic N) is 3. The van der Waals surface area contributed by atoms with Gasteiger partial charge < -0.3 is 15.2 Å². The molecule has 0 radical (unpaired) electrons. The topological polar surface area (TPSA) is 95.2 Å². The minimum Gasteiger partial charge on any atom is -0.493 e. The fourth-order valence-electron chi connectivity index (χ4n) is 3.69. The van der Waals surface area contributed by atoms with E-state index in [1.165, 1.54) is 34.6 Å². The van der Waals surface area contributed by atoms with E-state index in [0.29, 0.717) is 39.2 Å². The van der Waals surface area contributed by atoms with Gasteiger partial charge in [0.2, 0.25) is 0 Å². The van der Waals surface area contributed by atoms with Gasteiger partial charge in [-0.25, -0.2) is 9.18 Å². The van der Waals surface area contributed by atoms with E-state index in [1.54, 1.807) is 30.5 Å². The predicted octanol–water partition coefficient (Wildman–Crippen LogP) is 2.23. The standard InChI is InChI=1S/C25H21FN4O3S/c1-15-9-22(32-3)23(33-14-17-5-4-8-34-17)11-18(15)24-21(13-28)29(2)25(31)30(24)20-7-6-16(12-27)10-19(20)26/h4-11,13H,1,14,28H2,2-3H3/b21-13+,24-18+. The van der Waals surface area contributed by atoms with Crippen LogP contribution in [0.15, 0.2) is 52.6 Å². The smallest absolute Gasteiger partial charge is 0.333 e. The highest BCUT2D eigenvalue weighted by Gasteiger charge is 2.16. The van der Waals surface area contributed by atoms with Crippen molar-refractivity contribution in [2.75, 3.05) is 7.11 Å². The van der Waals surface area contributed by atoms with Gasteiger partial charge in [0.25, 0.3) is 0 Å². The number of halogens is 1. The number of benzene rings is 2. The summed E-state index contributed by atoms with van der Waals surface area (Å²) in [5, 5.41) is 12.8. The zero-order valence-electron chi connectivity index (χ0n) is 18.5. The number of nitriles is 1. The Morgan fingerprint density at radius 1 is 1.26 bits per heavy atom. The summed E-state index contributed by atoms with van der Waals surface area (Å²) in [6.45, 7) is 4.43. The lowest BCUT2D eigenvalue weighted by Crippen LogP contribution is -2.26. The van der Waals surface area contributed by atoms with Crippen molar-refractivity contribution >= 4 is 24.1 Å². The normalized spacial score (nSPS) is 12.5. The predicted molar refractivity (Wildman–Crippen MR) is 128 cm³/mol. The Morgan fingerprint density at radius 3 is 2.68 bits per heavy atom. The van der Waals surface area contributed by atoms with Crippen LogP contribution >= 0.6 is 11.3 Å². The molecule has 0 aliphatic carbocycles. The lowest BCUT2D eigenvalue weighted by Gasteiger charge is -2.11.